The second-order valence-corrected chi connectivity index (χ2v) is 5.20. The van der Waals surface area contributed by atoms with E-state index < -0.39 is 18.6 Å². The summed E-state index contributed by atoms with van der Waals surface area (Å²) in [6.07, 6.45) is 0. The second kappa shape index (κ2) is 6.27. The number of ether oxygens (including phenoxy) is 2. The molecule has 20 heavy (non-hydrogen) atoms. The number of halogens is 2. The topological polar surface area (TPSA) is 67.8 Å². The number of thioether (sulfide) groups is 1. The Labute approximate surface area is 118 Å². The Morgan fingerprint density at radius 3 is 2.80 bits per heavy atom. The number of methoxy groups -OCH3 is 1. The lowest BCUT2D eigenvalue weighted by atomic mass is 10.2. The maximum Gasteiger partial charge on any atom is 0.387 e. The van der Waals surface area contributed by atoms with Crippen LogP contribution < -0.4 is 14.8 Å². The predicted octanol–water partition coefficient (Wildman–Crippen LogP) is 2.08. The highest BCUT2D eigenvalue weighted by Crippen LogP contribution is 2.37. The Hall–Kier alpha value is -1.54. The van der Waals surface area contributed by atoms with E-state index in [4.69, 9.17) is 9.84 Å². The minimum Gasteiger partial charge on any atom is -0.493 e. The molecule has 1 aliphatic heterocycles. The van der Waals surface area contributed by atoms with Gasteiger partial charge in [-0.1, -0.05) is 6.07 Å². The molecule has 5 nitrogen and oxygen atoms in total. The van der Waals surface area contributed by atoms with Gasteiger partial charge in [0, 0.05) is 5.75 Å². The standard InChI is InChI=1S/C12H13F2NO4S/c1-18-9-4-6(2-3-8(9)19-12(13)14)10-15-7(5-20-10)11(16)17/h2-4,7,10,12,15H,5H2,1H3,(H,16,17). The average molecular weight is 305 g/mol. The maximum absolute atomic E-state index is 12.2. The number of carboxylic acids is 1. The van der Waals surface area contributed by atoms with Gasteiger partial charge >= 0.3 is 12.6 Å². The molecule has 1 saturated heterocycles. The highest BCUT2D eigenvalue weighted by molar-refractivity contribution is 7.99. The number of rotatable bonds is 5. The molecule has 2 unspecified atom stereocenters. The molecule has 0 aliphatic carbocycles. The van der Waals surface area contributed by atoms with Gasteiger partial charge in [0.2, 0.25) is 0 Å². The first kappa shape index (κ1) is 14.9. The maximum atomic E-state index is 12.2. The van der Waals surface area contributed by atoms with Gasteiger partial charge in [0.1, 0.15) is 6.04 Å². The number of nitrogens with one attached hydrogen (secondary N) is 1. The molecule has 8 heteroatoms. The van der Waals surface area contributed by atoms with Crippen molar-refractivity contribution in [3.63, 3.8) is 0 Å². The first-order valence-corrected chi connectivity index (χ1v) is 6.79. The van der Waals surface area contributed by atoms with Gasteiger partial charge in [-0.25, -0.2) is 0 Å². The fraction of sp³-hybridized carbons (Fsp3) is 0.417. The molecular weight excluding hydrogens is 292 g/mol. The van der Waals surface area contributed by atoms with Gasteiger partial charge in [0.05, 0.1) is 12.5 Å². The van der Waals surface area contributed by atoms with Crippen molar-refractivity contribution in [2.24, 2.45) is 0 Å². The summed E-state index contributed by atoms with van der Waals surface area (Å²) >= 11 is 1.43. The Morgan fingerprint density at radius 2 is 2.25 bits per heavy atom. The lowest BCUT2D eigenvalue weighted by Crippen LogP contribution is -2.33. The Balaban J connectivity index is 2.16. The van der Waals surface area contributed by atoms with E-state index in [0.29, 0.717) is 5.75 Å². The largest absolute Gasteiger partial charge is 0.493 e. The lowest BCUT2D eigenvalue weighted by molar-refractivity contribution is -0.138. The van der Waals surface area contributed by atoms with Crippen molar-refractivity contribution in [2.75, 3.05) is 12.9 Å². The monoisotopic (exact) mass is 305 g/mol. The SMILES string of the molecule is COc1cc(C2NC(C(=O)O)CS2)ccc1OC(F)F. The van der Waals surface area contributed by atoms with Crippen LogP contribution in [0, 0.1) is 0 Å². The van der Waals surface area contributed by atoms with E-state index in [0.717, 1.165) is 5.56 Å². The Bertz CT molecular complexity index is 500. The van der Waals surface area contributed by atoms with Crippen molar-refractivity contribution in [3.05, 3.63) is 23.8 Å². The average Bonchev–Trinajstić information content (AvgIpc) is 2.88. The van der Waals surface area contributed by atoms with Crippen LogP contribution in [0.2, 0.25) is 0 Å². The summed E-state index contributed by atoms with van der Waals surface area (Å²) in [5.41, 5.74) is 0.747. The van der Waals surface area contributed by atoms with Gasteiger partial charge in [0.25, 0.3) is 0 Å². The van der Waals surface area contributed by atoms with Crippen LogP contribution in [0.4, 0.5) is 8.78 Å². The zero-order valence-electron chi connectivity index (χ0n) is 10.5. The third-order valence-electron chi connectivity index (χ3n) is 2.79. The zero-order chi connectivity index (χ0) is 14.7. The van der Waals surface area contributed by atoms with Crippen LogP contribution in [0.5, 0.6) is 11.5 Å². The van der Waals surface area contributed by atoms with E-state index >= 15 is 0 Å². The molecule has 1 aliphatic rings. The predicted molar refractivity (Wildman–Crippen MR) is 69.4 cm³/mol. The molecule has 0 radical (unpaired) electrons. The Kier molecular flexibility index (Phi) is 4.66. The van der Waals surface area contributed by atoms with Crippen molar-refractivity contribution in [1.29, 1.82) is 0 Å². The third-order valence-corrected chi connectivity index (χ3v) is 4.05. The van der Waals surface area contributed by atoms with Crippen LogP contribution in [0.15, 0.2) is 18.2 Å². The fourth-order valence-electron chi connectivity index (χ4n) is 1.85. The van der Waals surface area contributed by atoms with Crippen molar-refractivity contribution in [3.8, 4) is 11.5 Å². The first-order valence-electron chi connectivity index (χ1n) is 5.74. The fourth-order valence-corrected chi connectivity index (χ4v) is 3.07. The number of benzene rings is 1. The number of carboxylic acid groups (broad SMARTS) is 1. The van der Waals surface area contributed by atoms with E-state index in [1.807, 2.05) is 0 Å². The number of carbonyl (C=O) groups is 1. The highest BCUT2D eigenvalue weighted by Gasteiger charge is 2.30. The van der Waals surface area contributed by atoms with Gasteiger partial charge in [-0.15, -0.1) is 11.8 Å². The molecule has 0 spiro atoms. The minimum atomic E-state index is -2.93. The summed E-state index contributed by atoms with van der Waals surface area (Å²) in [7, 11) is 1.35. The molecular formula is C12H13F2NO4S. The van der Waals surface area contributed by atoms with E-state index in [1.54, 1.807) is 12.1 Å². The lowest BCUT2D eigenvalue weighted by Gasteiger charge is -2.15. The first-order chi connectivity index (χ1) is 9.51. The summed E-state index contributed by atoms with van der Waals surface area (Å²) in [6, 6.07) is 3.94. The summed E-state index contributed by atoms with van der Waals surface area (Å²) in [4.78, 5) is 10.9. The molecule has 1 heterocycles. The van der Waals surface area contributed by atoms with Crippen LogP contribution in [-0.4, -0.2) is 36.6 Å². The third kappa shape index (κ3) is 3.31. The number of alkyl halides is 2. The molecule has 1 aromatic rings. The second-order valence-electron chi connectivity index (χ2n) is 4.06. The van der Waals surface area contributed by atoms with Gasteiger partial charge in [-0.3, -0.25) is 10.1 Å². The summed E-state index contributed by atoms with van der Waals surface area (Å²) < 4.78 is 33.8. The molecule has 2 atom stereocenters. The molecule has 1 fully saturated rings. The van der Waals surface area contributed by atoms with Gasteiger partial charge < -0.3 is 14.6 Å². The highest BCUT2D eigenvalue weighted by atomic mass is 32.2. The van der Waals surface area contributed by atoms with Crippen molar-refractivity contribution < 1.29 is 28.2 Å². The zero-order valence-corrected chi connectivity index (χ0v) is 11.3. The van der Waals surface area contributed by atoms with Gasteiger partial charge in [-0.2, -0.15) is 8.78 Å². The van der Waals surface area contributed by atoms with Crippen molar-refractivity contribution in [1.82, 2.24) is 5.32 Å². The van der Waals surface area contributed by atoms with Gasteiger partial charge in [0.15, 0.2) is 11.5 Å². The smallest absolute Gasteiger partial charge is 0.387 e. The molecule has 1 aromatic carbocycles. The number of hydrogen-bond donors (Lipinski definition) is 2. The summed E-state index contributed by atoms with van der Waals surface area (Å²) in [5, 5.41) is 11.6. The van der Waals surface area contributed by atoms with Crippen LogP contribution in [0.25, 0.3) is 0 Å². The number of hydrogen-bond acceptors (Lipinski definition) is 5. The Morgan fingerprint density at radius 1 is 1.50 bits per heavy atom. The van der Waals surface area contributed by atoms with E-state index in [-0.39, 0.29) is 16.9 Å². The summed E-state index contributed by atoms with van der Waals surface area (Å²) in [5.74, 6) is -0.338. The van der Waals surface area contributed by atoms with E-state index in [1.165, 1.54) is 24.9 Å². The molecule has 2 N–H and O–H groups in total. The van der Waals surface area contributed by atoms with E-state index in [9.17, 15) is 13.6 Å². The molecule has 110 valence electrons. The molecule has 0 saturated carbocycles. The van der Waals surface area contributed by atoms with Gasteiger partial charge in [-0.05, 0) is 17.7 Å². The van der Waals surface area contributed by atoms with Crippen LogP contribution in [0.1, 0.15) is 10.9 Å². The molecule has 0 aromatic heterocycles. The van der Waals surface area contributed by atoms with Crippen LogP contribution >= 0.6 is 11.8 Å². The van der Waals surface area contributed by atoms with Crippen molar-refractivity contribution in [2.45, 2.75) is 18.0 Å². The van der Waals surface area contributed by atoms with Crippen LogP contribution in [-0.2, 0) is 4.79 Å². The number of aliphatic carboxylic acids is 1. The minimum absolute atomic E-state index is 0.0518. The van der Waals surface area contributed by atoms with Crippen molar-refractivity contribution >= 4 is 17.7 Å². The summed E-state index contributed by atoms with van der Waals surface area (Å²) in [6.45, 7) is -2.93. The molecule has 0 amide bonds. The van der Waals surface area contributed by atoms with Crippen LogP contribution in [0.3, 0.4) is 0 Å². The van der Waals surface area contributed by atoms with E-state index in [2.05, 4.69) is 10.1 Å². The quantitative estimate of drug-likeness (QED) is 0.868. The molecule has 2 rings (SSSR count). The normalized spacial score (nSPS) is 22.0. The molecule has 0 bridgehead atoms.